The van der Waals surface area contributed by atoms with Gasteiger partial charge in [0, 0.05) is 24.6 Å². The van der Waals surface area contributed by atoms with Crippen LogP contribution in [0.15, 0.2) is 28.8 Å². The Morgan fingerprint density at radius 2 is 2.09 bits per heavy atom. The molecule has 1 amide bonds. The number of nitrogens with two attached hydrogens (primary N) is 1. The number of hydrogen-bond donors (Lipinski definition) is 2. The molecule has 0 unspecified atom stereocenters. The maximum absolute atomic E-state index is 11.4. The van der Waals surface area contributed by atoms with E-state index >= 15 is 0 Å². The van der Waals surface area contributed by atoms with Crippen molar-refractivity contribution in [3.63, 3.8) is 0 Å². The number of carbonyl (C=O) groups is 1. The minimum Gasteiger partial charge on any atom is -0.485 e. The van der Waals surface area contributed by atoms with E-state index in [1.165, 1.54) is 0 Å². The molecule has 1 heterocycles. The Labute approximate surface area is 140 Å². The van der Waals surface area contributed by atoms with E-state index in [1.54, 1.807) is 24.3 Å². The number of halogens is 1. The summed E-state index contributed by atoms with van der Waals surface area (Å²) >= 11 is 0. The van der Waals surface area contributed by atoms with E-state index in [-0.39, 0.29) is 24.9 Å². The minimum absolute atomic E-state index is 0. The highest BCUT2D eigenvalue weighted by Gasteiger charge is 2.29. The number of aromatic nitrogens is 2. The molecule has 1 aliphatic carbocycles. The summed E-state index contributed by atoms with van der Waals surface area (Å²) in [5.74, 6) is 2.27. The number of nitrogens with one attached hydrogen (secondary N) is 1. The predicted octanol–water partition coefficient (Wildman–Crippen LogP) is 2.24. The monoisotopic (exact) mass is 338 g/mol. The van der Waals surface area contributed by atoms with Crippen molar-refractivity contribution in [1.29, 1.82) is 0 Å². The number of rotatable bonds is 7. The summed E-state index contributed by atoms with van der Waals surface area (Å²) in [5, 5.41) is 6.64. The van der Waals surface area contributed by atoms with Gasteiger partial charge in [0.2, 0.25) is 17.6 Å². The van der Waals surface area contributed by atoms with Crippen LogP contribution in [-0.2, 0) is 11.4 Å². The van der Waals surface area contributed by atoms with Crippen LogP contribution >= 0.6 is 12.4 Å². The highest BCUT2D eigenvalue weighted by atomic mass is 35.5. The van der Waals surface area contributed by atoms with Crippen molar-refractivity contribution in [3.8, 4) is 5.75 Å². The van der Waals surface area contributed by atoms with E-state index in [0.717, 1.165) is 12.8 Å². The molecule has 1 aromatic carbocycles. The van der Waals surface area contributed by atoms with Crippen LogP contribution in [0.25, 0.3) is 0 Å². The molecule has 1 saturated carbocycles. The maximum atomic E-state index is 11.4. The lowest BCUT2D eigenvalue weighted by Crippen LogP contribution is -2.16. The van der Waals surface area contributed by atoms with Crippen molar-refractivity contribution in [2.45, 2.75) is 31.8 Å². The van der Waals surface area contributed by atoms with Gasteiger partial charge in [-0.1, -0.05) is 5.16 Å². The van der Waals surface area contributed by atoms with Gasteiger partial charge >= 0.3 is 0 Å². The summed E-state index contributed by atoms with van der Waals surface area (Å²) in [6.07, 6.45) is 2.55. The molecule has 23 heavy (non-hydrogen) atoms. The molecule has 124 valence electrons. The van der Waals surface area contributed by atoms with Gasteiger partial charge in [-0.05, 0) is 37.1 Å². The zero-order valence-electron chi connectivity index (χ0n) is 12.5. The summed E-state index contributed by atoms with van der Waals surface area (Å²) in [5.41, 5.74) is 6.04. The molecule has 1 aromatic heterocycles. The topological polar surface area (TPSA) is 103 Å². The Hall–Kier alpha value is -2.12. The van der Waals surface area contributed by atoms with Gasteiger partial charge < -0.3 is 20.3 Å². The van der Waals surface area contributed by atoms with Gasteiger partial charge in [-0.2, -0.15) is 4.98 Å². The van der Waals surface area contributed by atoms with Crippen molar-refractivity contribution < 1.29 is 14.1 Å². The third-order valence-corrected chi connectivity index (χ3v) is 3.29. The maximum Gasteiger partial charge on any atom is 0.229 e. The van der Waals surface area contributed by atoms with E-state index in [0.29, 0.717) is 42.0 Å². The SMILES string of the molecule is Cl.NCCC(=O)Nc1ccc(OCc2noc(C3CC3)n2)cc1. The summed E-state index contributed by atoms with van der Waals surface area (Å²) in [6.45, 7) is 0.593. The highest BCUT2D eigenvalue weighted by Crippen LogP contribution is 2.38. The molecular weight excluding hydrogens is 320 g/mol. The molecular formula is C15H19ClN4O3. The smallest absolute Gasteiger partial charge is 0.229 e. The first-order valence-corrected chi connectivity index (χ1v) is 7.30. The molecule has 0 atom stereocenters. The molecule has 8 heteroatoms. The van der Waals surface area contributed by atoms with Crippen LogP contribution in [0.2, 0.25) is 0 Å². The average molecular weight is 339 g/mol. The molecule has 0 spiro atoms. The fourth-order valence-electron chi connectivity index (χ4n) is 1.96. The first-order valence-electron chi connectivity index (χ1n) is 7.30. The second-order valence-electron chi connectivity index (χ2n) is 5.22. The van der Waals surface area contributed by atoms with Gasteiger partial charge in [0.05, 0.1) is 0 Å². The summed E-state index contributed by atoms with van der Waals surface area (Å²) in [7, 11) is 0. The Morgan fingerprint density at radius 3 is 2.74 bits per heavy atom. The summed E-state index contributed by atoms with van der Waals surface area (Å²) < 4.78 is 10.8. The first kappa shape index (κ1) is 17.2. The predicted molar refractivity (Wildman–Crippen MR) is 86.6 cm³/mol. The Kier molecular flexibility index (Phi) is 5.95. The molecule has 7 nitrogen and oxygen atoms in total. The fourth-order valence-corrected chi connectivity index (χ4v) is 1.96. The number of hydrogen-bond acceptors (Lipinski definition) is 6. The van der Waals surface area contributed by atoms with E-state index in [4.69, 9.17) is 15.0 Å². The van der Waals surface area contributed by atoms with Crippen LogP contribution in [0.3, 0.4) is 0 Å². The van der Waals surface area contributed by atoms with Crippen molar-refractivity contribution in [2.75, 3.05) is 11.9 Å². The van der Waals surface area contributed by atoms with Gasteiger partial charge in [-0.3, -0.25) is 4.79 Å². The fraction of sp³-hybridized carbons (Fsp3) is 0.400. The molecule has 1 fully saturated rings. The van der Waals surface area contributed by atoms with Crippen LogP contribution < -0.4 is 15.8 Å². The quantitative estimate of drug-likeness (QED) is 0.802. The lowest BCUT2D eigenvalue weighted by Gasteiger charge is -2.06. The zero-order valence-corrected chi connectivity index (χ0v) is 13.3. The third kappa shape index (κ3) is 4.94. The number of carbonyl (C=O) groups excluding carboxylic acids is 1. The van der Waals surface area contributed by atoms with E-state index in [9.17, 15) is 4.79 Å². The number of nitrogens with zero attached hydrogens (tertiary/aromatic N) is 2. The van der Waals surface area contributed by atoms with Gasteiger partial charge in [-0.25, -0.2) is 0 Å². The van der Waals surface area contributed by atoms with Gasteiger partial charge in [0.15, 0.2) is 6.61 Å². The zero-order chi connectivity index (χ0) is 15.4. The lowest BCUT2D eigenvalue weighted by atomic mass is 10.3. The number of anilines is 1. The molecule has 0 bridgehead atoms. The van der Waals surface area contributed by atoms with Crippen LogP contribution in [0.1, 0.15) is 36.9 Å². The molecule has 3 N–H and O–H groups in total. The Bertz CT molecular complexity index is 640. The molecule has 0 saturated heterocycles. The second kappa shape index (κ2) is 7.94. The second-order valence-corrected chi connectivity index (χ2v) is 5.22. The highest BCUT2D eigenvalue weighted by molar-refractivity contribution is 5.90. The van der Waals surface area contributed by atoms with E-state index in [2.05, 4.69) is 15.5 Å². The van der Waals surface area contributed by atoms with Crippen LogP contribution in [0.5, 0.6) is 5.75 Å². The van der Waals surface area contributed by atoms with Crippen LogP contribution in [0, 0.1) is 0 Å². The van der Waals surface area contributed by atoms with Gasteiger partial charge in [-0.15, -0.1) is 12.4 Å². The van der Waals surface area contributed by atoms with Gasteiger partial charge in [0.25, 0.3) is 0 Å². The largest absolute Gasteiger partial charge is 0.485 e. The van der Waals surface area contributed by atoms with Crippen LogP contribution in [0.4, 0.5) is 5.69 Å². The standard InChI is InChI=1S/C15H18N4O3.ClH/c16-8-7-14(20)17-11-3-5-12(6-4-11)21-9-13-18-15(22-19-13)10-1-2-10;/h3-6,10H,1-2,7-9,16H2,(H,17,20);1H. The molecule has 3 rings (SSSR count). The van der Waals surface area contributed by atoms with Crippen molar-refractivity contribution in [2.24, 2.45) is 5.73 Å². The number of amides is 1. The minimum atomic E-state index is -0.101. The molecule has 0 aliphatic heterocycles. The van der Waals surface area contributed by atoms with Crippen molar-refractivity contribution in [3.05, 3.63) is 36.0 Å². The number of ether oxygens (including phenoxy) is 1. The lowest BCUT2D eigenvalue weighted by molar-refractivity contribution is -0.116. The van der Waals surface area contributed by atoms with Gasteiger partial charge in [0.1, 0.15) is 5.75 Å². The van der Waals surface area contributed by atoms with Crippen LogP contribution in [-0.4, -0.2) is 22.6 Å². The number of benzene rings is 1. The molecule has 2 aromatic rings. The molecule has 0 radical (unpaired) electrons. The normalized spacial score (nSPS) is 13.3. The van der Waals surface area contributed by atoms with Crippen molar-refractivity contribution >= 4 is 24.0 Å². The summed E-state index contributed by atoms with van der Waals surface area (Å²) in [4.78, 5) is 15.7. The van der Waals surface area contributed by atoms with E-state index in [1.807, 2.05) is 0 Å². The Balaban J connectivity index is 0.00000192. The first-order chi connectivity index (χ1) is 10.7. The summed E-state index contributed by atoms with van der Waals surface area (Å²) in [6, 6.07) is 7.10. The Morgan fingerprint density at radius 1 is 1.35 bits per heavy atom. The van der Waals surface area contributed by atoms with E-state index < -0.39 is 0 Å². The third-order valence-electron chi connectivity index (χ3n) is 3.29. The average Bonchev–Trinajstić information content (AvgIpc) is 3.26. The van der Waals surface area contributed by atoms with Crippen molar-refractivity contribution in [1.82, 2.24) is 10.1 Å². The molecule has 1 aliphatic rings.